The third kappa shape index (κ3) is 4.01. The summed E-state index contributed by atoms with van der Waals surface area (Å²) in [6.45, 7) is 1.95. The van der Waals surface area contributed by atoms with Gasteiger partial charge in [0.2, 0.25) is 0 Å². The number of methoxy groups -OCH3 is 1. The van der Waals surface area contributed by atoms with Crippen molar-refractivity contribution in [3.63, 3.8) is 0 Å². The number of benzene rings is 1. The van der Waals surface area contributed by atoms with Crippen molar-refractivity contribution in [1.29, 1.82) is 0 Å². The molecule has 0 radical (unpaired) electrons. The molecule has 0 saturated carbocycles. The molecule has 2 rings (SSSR count). The highest BCUT2D eigenvalue weighted by Crippen LogP contribution is 2.14. The van der Waals surface area contributed by atoms with E-state index in [9.17, 15) is 4.79 Å². The zero-order valence-electron chi connectivity index (χ0n) is 11.5. The number of urea groups is 1. The van der Waals surface area contributed by atoms with Gasteiger partial charge in [-0.2, -0.15) is 5.10 Å². The Kier molecular flexibility index (Phi) is 4.60. The van der Waals surface area contributed by atoms with Gasteiger partial charge in [-0.15, -0.1) is 0 Å². The van der Waals surface area contributed by atoms with E-state index < -0.39 is 0 Å². The average Bonchev–Trinajstić information content (AvgIpc) is 2.91. The van der Waals surface area contributed by atoms with Gasteiger partial charge in [-0.3, -0.25) is 5.10 Å². The van der Waals surface area contributed by atoms with Crippen LogP contribution in [-0.4, -0.2) is 29.4 Å². The maximum absolute atomic E-state index is 11.7. The first kappa shape index (κ1) is 13.9. The minimum Gasteiger partial charge on any atom is -0.497 e. The summed E-state index contributed by atoms with van der Waals surface area (Å²) in [5.74, 6) is 0.817. The maximum atomic E-state index is 11.7. The van der Waals surface area contributed by atoms with Gasteiger partial charge in [0, 0.05) is 12.2 Å². The molecular formula is C14H18N4O2. The van der Waals surface area contributed by atoms with Crippen LogP contribution in [0.2, 0.25) is 0 Å². The summed E-state index contributed by atoms with van der Waals surface area (Å²) in [6.07, 6.45) is 3.90. The number of hydrogen-bond acceptors (Lipinski definition) is 3. The van der Waals surface area contributed by atoms with Gasteiger partial charge in [0.15, 0.2) is 0 Å². The van der Waals surface area contributed by atoms with E-state index in [1.165, 1.54) is 0 Å². The standard InChI is InChI=1S/C14H18N4O2/c1-10(6-11-4-3-5-13(7-11)20-2)17-14(19)18-12-8-15-16-9-12/h3-5,7-10H,6H2,1-2H3,(H,15,16)(H2,17,18,19)/t10-/m1/s1. The Hall–Kier alpha value is -2.50. The van der Waals surface area contributed by atoms with Crippen molar-refractivity contribution >= 4 is 11.7 Å². The van der Waals surface area contributed by atoms with E-state index in [1.807, 2.05) is 31.2 Å². The number of H-pyrrole nitrogens is 1. The molecule has 6 nitrogen and oxygen atoms in total. The molecule has 1 atom stereocenters. The number of carbonyl (C=O) groups excluding carboxylic acids is 1. The van der Waals surface area contributed by atoms with Crippen LogP contribution in [0.5, 0.6) is 5.75 Å². The Morgan fingerprint density at radius 2 is 2.35 bits per heavy atom. The number of ether oxygens (including phenoxy) is 1. The molecule has 106 valence electrons. The third-order valence-electron chi connectivity index (χ3n) is 2.81. The highest BCUT2D eigenvalue weighted by Gasteiger charge is 2.09. The van der Waals surface area contributed by atoms with Crippen LogP contribution in [-0.2, 0) is 6.42 Å². The summed E-state index contributed by atoms with van der Waals surface area (Å²) in [6, 6.07) is 7.57. The molecule has 1 heterocycles. The largest absolute Gasteiger partial charge is 0.497 e. The smallest absolute Gasteiger partial charge is 0.319 e. The molecule has 1 aromatic carbocycles. The van der Waals surface area contributed by atoms with Gasteiger partial charge in [0.05, 0.1) is 19.0 Å². The lowest BCUT2D eigenvalue weighted by atomic mass is 10.1. The highest BCUT2D eigenvalue weighted by atomic mass is 16.5. The molecule has 0 unspecified atom stereocenters. The van der Waals surface area contributed by atoms with Crippen molar-refractivity contribution in [3.05, 3.63) is 42.2 Å². The van der Waals surface area contributed by atoms with Crippen LogP contribution in [0.1, 0.15) is 12.5 Å². The molecule has 1 aromatic heterocycles. The molecule has 0 bridgehead atoms. The molecule has 2 aromatic rings. The molecule has 20 heavy (non-hydrogen) atoms. The SMILES string of the molecule is COc1cccc(C[C@@H](C)NC(=O)Nc2cn[nH]c2)c1. The summed E-state index contributed by atoms with van der Waals surface area (Å²) in [5, 5.41) is 12.0. The van der Waals surface area contributed by atoms with Crippen LogP contribution in [0.3, 0.4) is 0 Å². The molecule has 2 amide bonds. The monoisotopic (exact) mass is 274 g/mol. The maximum Gasteiger partial charge on any atom is 0.319 e. The second-order valence-corrected chi connectivity index (χ2v) is 4.54. The van der Waals surface area contributed by atoms with Gasteiger partial charge in [-0.25, -0.2) is 4.79 Å². The van der Waals surface area contributed by atoms with E-state index in [0.29, 0.717) is 5.69 Å². The number of nitrogens with one attached hydrogen (secondary N) is 3. The molecule has 0 aliphatic carbocycles. The van der Waals surface area contributed by atoms with E-state index in [4.69, 9.17) is 4.74 Å². The van der Waals surface area contributed by atoms with Gasteiger partial charge >= 0.3 is 6.03 Å². The Labute approximate surface area is 117 Å². The zero-order valence-corrected chi connectivity index (χ0v) is 11.5. The Morgan fingerprint density at radius 3 is 3.05 bits per heavy atom. The Bertz CT molecular complexity index is 554. The van der Waals surface area contributed by atoms with Crippen LogP contribution in [0.4, 0.5) is 10.5 Å². The summed E-state index contributed by atoms with van der Waals surface area (Å²) in [4.78, 5) is 11.7. The van der Waals surface area contributed by atoms with Crippen molar-refractivity contribution in [2.45, 2.75) is 19.4 Å². The van der Waals surface area contributed by atoms with Gasteiger partial charge in [0.1, 0.15) is 5.75 Å². The van der Waals surface area contributed by atoms with E-state index in [2.05, 4.69) is 20.8 Å². The predicted octanol–water partition coefficient (Wildman–Crippen LogP) is 2.17. The first-order valence-corrected chi connectivity index (χ1v) is 6.36. The van der Waals surface area contributed by atoms with E-state index in [1.54, 1.807) is 19.5 Å². The molecule has 0 spiro atoms. The Balaban J connectivity index is 1.85. The molecule has 0 aliphatic heterocycles. The van der Waals surface area contributed by atoms with E-state index in [0.717, 1.165) is 17.7 Å². The number of aromatic amines is 1. The molecule has 0 fully saturated rings. The molecule has 3 N–H and O–H groups in total. The van der Waals surface area contributed by atoms with Crippen molar-refractivity contribution in [2.75, 3.05) is 12.4 Å². The summed E-state index contributed by atoms with van der Waals surface area (Å²) in [7, 11) is 1.64. The van der Waals surface area contributed by atoms with Crippen molar-refractivity contribution < 1.29 is 9.53 Å². The fourth-order valence-electron chi connectivity index (χ4n) is 1.91. The number of amides is 2. The first-order valence-electron chi connectivity index (χ1n) is 6.36. The number of carbonyl (C=O) groups is 1. The molecule has 0 saturated heterocycles. The fraction of sp³-hybridized carbons (Fsp3) is 0.286. The topological polar surface area (TPSA) is 79.0 Å². The number of nitrogens with zero attached hydrogens (tertiary/aromatic N) is 1. The van der Waals surface area contributed by atoms with Crippen LogP contribution >= 0.6 is 0 Å². The third-order valence-corrected chi connectivity index (χ3v) is 2.81. The number of hydrogen-bond donors (Lipinski definition) is 3. The molecule has 0 aliphatic rings. The number of anilines is 1. The zero-order chi connectivity index (χ0) is 14.4. The van der Waals surface area contributed by atoms with Gasteiger partial charge in [0.25, 0.3) is 0 Å². The van der Waals surface area contributed by atoms with Gasteiger partial charge in [-0.05, 0) is 31.0 Å². The van der Waals surface area contributed by atoms with Crippen LogP contribution in [0.25, 0.3) is 0 Å². The minimum atomic E-state index is -0.248. The van der Waals surface area contributed by atoms with Crippen molar-refractivity contribution in [3.8, 4) is 5.75 Å². The van der Waals surface area contributed by atoms with E-state index >= 15 is 0 Å². The van der Waals surface area contributed by atoms with Crippen molar-refractivity contribution in [1.82, 2.24) is 15.5 Å². The lowest BCUT2D eigenvalue weighted by Gasteiger charge is -2.14. The van der Waals surface area contributed by atoms with Crippen LogP contribution in [0.15, 0.2) is 36.7 Å². The number of rotatable bonds is 5. The first-order chi connectivity index (χ1) is 9.67. The second kappa shape index (κ2) is 6.60. The normalized spacial score (nSPS) is 11.7. The molecular weight excluding hydrogens is 256 g/mol. The van der Waals surface area contributed by atoms with Crippen molar-refractivity contribution in [2.24, 2.45) is 0 Å². The van der Waals surface area contributed by atoms with Gasteiger partial charge < -0.3 is 15.4 Å². The lowest BCUT2D eigenvalue weighted by Crippen LogP contribution is -2.37. The second-order valence-electron chi connectivity index (χ2n) is 4.54. The highest BCUT2D eigenvalue weighted by molar-refractivity contribution is 5.89. The number of aromatic nitrogens is 2. The van der Waals surface area contributed by atoms with Crippen LogP contribution < -0.4 is 15.4 Å². The quantitative estimate of drug-likeness (QED) is 0.781. The van der Waals surface area contributed by atoms with Gasteiger partial charge in [-0.1, -0.05) is 12.1 Å². The minimum absolute atomic E-state index is 0.00834. The summed E-state index contributed by atoms with van der Waals surface area (Å²) < 4.78 is 5.18. The molecule has 6 heteroatoms. The summed E-state index contributed by atoms with van der Waals surface area (Å²) >= 11 is 0. The van der Waals surface area contributed by atoms with E-state index in [-0.39, 0.29) is 12.1 Å². The lowest BCUT2D eigenvalue weighted by molar-refractivity contribution is 0.249. The average molecular weight is 274 g/mol. The van der Waals surface area contributed by atoms with Crippen LogP contribution in [0, 0.1) is 0 Å². The predicted molar refractivity (Wildman–Crippen MR) is 76.9 cm³/mol. The Morgan fingerprint density at radius 1 is 1.50 bits per heavy atom. The summed E-state index contributed by atoms with van der Waals surface area (Å²) in [5.41, 5.74) is 1.75. The fourth-order valence-corrected chi connectivity index (χ4v) is 1.91.